The summed E-state index contributed by atoms with van der Waals surface area (Å²) in [6.45, 7) is 1.95. The van der Waals surface area contributed by atoms with Gasteiger partial charge in [-0.2, -0.15) is 5.10 Å². The topological polar surface area (TPSA) is 55.2 Å². The third kappa shape index (κ3) is 4.79. The summed E-state index contributed by atoms with van der Waals surface area (Å²) < 4.78 is 14.6. The summed E-state index contributed by atoms with van der Waals surface area (Å²) in [5.74, 6) is 0.163. The molecule has 1 aliphatic heterocycles. The quantitative estimate of drug-likeness (QED) is 0.645. The van der Waals surface area contributed by atoms with Gasteiger partial charge in [-0.3, -0.25) is 9.59 Å². The summed E-state index contributed by atoms with van der Waals surface area (Å²) in [5.41, 5.74) is 1.27. The zero-order valence-corrected chi connectivity index (χ0v) is 16.8. The summed E-state index contributed by atoms with van der Waals surface area (Å²) in [7, 11) is 0. The molecular weight excluding hydrogens is 389 g/mol. The molecule has 0 bridgehead atoms. The second-order valence-corrected chi connectivity index (χ2v) is 8.36. The van der Waals surface area contributed by atoms with Crippen molar-refractivity contribution in [1.29, 1.82) is 0 Å². The van der Waals surface area contributed by atoms with Crippen molar-refractivity contribution < 1.29 is 9.18 Å². The highest BCUT2D eigenvalue weighted by atomic mass is 32.1. The number of carbonyl (C=O) groups excluding carboxylic acids is 1. The summed E-state index contributed by atoms with van der Waals surface area (Å²) in [5, 5.41) is 6.46. The van der Waals surface area contributed by atoms with Gasteiger partial charge in [0.2, 0.25) is 5.91 Å². The number of hydrogen-bond donors (Lipinski definition) is 0. The van der Waals surface area contributed by atoms with E-state index in [1.165, 1.54) is 22.9 Å². The van der Waals surface area contributed by atoms with E-state index in [0.717, 1.165) is 23.3 Å². The summed E-state index contributed by atoms with van der Waals surface area (Å²) >= 11 is 1.60. The Bertz CT molecular complexity index is 1020. The molecule has 7 heteroatoms. The third-order valence-corrected chi connectivity index (χ3v) is 6.19. The van der Waals surface area contributed by atoms with E-state index in [4.69, 9.17) is 0 Å². The van der Waals surface area contributed by atoms with Gasteiger partial charge in [-0.25, -0.2) is 9.07 Å². The smallest absolute Gasteiger partial charge is 0.266 e. The molecule has 1 aromatic carbocycles. The van der Waals surface area contributed by atoms with Crippen LogP contribution in [0.5, 0.6) is 0 Å². The molecule has 3 heterocycles. The molecule has 0 aliphatic carbocycles. The largest absolute Gasteiger partial charge is 0.342 e. The lowest BCUT2D eigenvalue weighted by Crippen LogP contribution is -2.40. The van der Waals surface area contributed by atoms with E-state index >= 15 is 0 Å². The van der Waals surface area contributed by atoms with E-state index in [0.29, 0.717) is 37.7 Å². The van der Waals surface area contributed by atoms with Crippen molar-refractivity contribution in [2.75, 3.05) is 13.1 Å². The van der Waals surface area contributed by atoms with Crippen LogP contribution in [0.2, 0.25) is 0 Å². The predicted molar refractivity (Wildman–Crippen MR) is 111 cm³/mol. The fourth-order valence-electron chi connectivity index (χ4n) is 3.64. The van der Waals surface area contributed by atoms with Gasteiger partial charge >= 0.3 is 0 Å². The maximum Gasteiger partial charge on any atom is 0.266 e. The van der Waals surface area contributed by atoms with Gasteiger partial charge in [0.25, 0.3) is 5.56 Å². The molecule has 0 radical (unpaired) electrons. The first-order valence-corrected chi connectivity index (χ1v) is 10.6. The maximum atomic E-state index is 13.1. The Kier molecular flexibility index (Phi) is 5.85. The van der Waals surface area contributed by atoms with E-state index in [1.807, 2.05) is 22.4 Å². The highest BCUT2D eigenvalue weighted by molar-refractivity contribution is 7.10. The van der Waals surface area contributed by atoms with Crippen LogP contribution in [0.3, 0.4) is 0 Å². The Labute approximate surface area is 172 Å². The van der Waals surface area contributed by atoms with Gasteiger partial charge in [0.1, 0.15) is 5.82 Å². The Balaban J connectivity index is 1.38. The van der Waals surface area contributed by atoms with Crippen molar-refractivity contribution in [2.45, 2.75) is 25.8 Å². The van der Waals surface area contributed by atoms with Gasteiger partial charge < -0.3 is 4.90 Å². The molecule has 1 fully saturated rings. The van der Waals surface area contributed by atoms with Crippen LogP contribution in [0.25, 0.3) is 11.3 Å². The molecule has 1 saturated heterocycles. The molecule has 5 nitrogen and oxygen atoms in total. The number of aromatic nitrogens is 2. The minimum Gasteiger partial charge on any atom is -0.342 e. The number of thiophene rings is 1. The lowest BCUT2D eigenvalue weighted by atomic mass is 9.96. The molecular formula is C22H22FN3O2S. The standard InChI is InChI=1S/C22H22FN3O2S/c23-18-5-3-17(4-6-18)20-7-8-21(27)26(24-20)15-16-9-11-25(12-10-16)22(28)14-19-2-1-13-29-19/h1-8,13,16H,9-12,14-15H2. The van der Waals surface area contributed by atoms with Crippen LogP contribution in [0.4, 0.5) is 4.39 Å². The number of amides is 1. The van der Waals surface area contributed by atoms with Gasteiger partial charge in [-0.05, 0) is 60.5 Å². The van der Waals surface area contributed by atoms with Gasteiger partial charge in [0, 0.05) is 36.1 Å². The number of likely N-dealkylation sites (tertiary alicyclic amines) is 1. The van der Waals surface area contributed by atoms with Crippen LogP contribution in [-0.2, 0) is 17.8 Å². The molecule has 1 amide bonds. The highest BCUT2D eigenvalue weighted by Crippen LogP contribution is 2.21. The number of hydrogen-bond acceptors (Lipinski definition) is 4. The first kappa shape index (κ1) is 19.5. The molecule has 0 saturated carbocycles. The second-order valence-electron chi connectivity index (χ2n) is 7.33. The summed E-state index contributed by atoms with van der Waals surface area (Å²) in [4.78, 5) is 27.7. The molecule has 0 unspecified atom stereocenters. The molecule has 29 heavy (non-hydrogen) atoms. The third-order valence-electron chi connectivity index (χ3n) is 5.31. The molecule has 150 valence electrons. The average Bonchev–Trinajstić information content (AvgIpc) is 3.24. The minimum absolute atomic E-state index is 0.146. The molecule has 0 spiro atoms. The Morgan fingerprint density at radius 2 is 1.86 bits per heavy atom. The Morgan fingerprint density at radius 1 is 1.10 bits per heavy atom. The summed E-state index contributed by atoms with van der Waals surface area (Å²) in [6.07, 6.45) is 2.17. The van der Waals surface area contributed by atoms with E-state index < -0.39 is 0 Å². The van der Waals surface area contributed by atoms with Crippen LogP contribution in [0.15, 0.2) is 58.7 Å². The van der Waals surface area contributed by atoms with E-state index in [2.05, 4.69) is 5.10 Å². The van der Waals surface area contributed by atoms with Gasteiger partial charge in [0.05, 0.1) is 12.1 Å². The van der Waals surface area contributed by atoms with E-state index in [-0.39, 0.29) is 17.3 Å². The molecule has 0 N–H and O–H groups in total. The van der Waals surface area contributed by atoms with Gasteiger partial charge in [-0.1, -0.05) is 6.07 Å². The van der Waals surface area contributed by atoms with Crippen LogP contribution in [0.1, 0.15) is 17.7 Å². The number of piperidine rings is 1. The minimum atomic E-state index is -0.303. The van der Waals surface area contributed by atoms with Crippen molar-refractivity contribution >= 4 is 17.2 Å². The summed E-state index contributed by atoms with van der Waals surface area (Å²) in [6, 6.07) is 13.2. The van der Waals surface area contributed by atoms with Crippen molar-refractivity contribution in [1.82, 2.24) is 14.7 Å². The van der Waals surface area contributed by atoms with Crippen LogP contribution >= 0.6 is 11.3 Å². The number of halogens is 1. The Morgan fingerprint density at radius 3 is 2.55 bits per heavy atom. The lowest BCUT2D eigenvalue weighted by molar-refractivity contribution is -0.131. The van der Waals surface area contributed by atoms with Gasteiger partial charge in [0.15, 0.2) is 0 Å². The second kappa shape index (κ2) is 8.69. The highest BCUT2D eigenvalue weighted by Gasteiger charge is 2.24. The SMILES string of the molecule is O=C(Cc1cccs1)N1CCC(Cn2nc(-c3ccc(F)cc3)ccc2=O)CC1. The number of carbonyl (C=O) groups is 1. The monoisotopic (exact) mass is 411 g/mol. The van der Waals surface area contributed by atoms with E-state index in [9.17, 15) is 14.0 Å². The molecule has 1 aliphatic rings. The predicted octanol–water partition coefficient (Wildman–Crippen LogP) is 3.59. The van der Waals surface area contributed by atoms with Crippen LogP contribution in [-0.4, -0.2) is 33.7 Å². The molecule has 4 rings (SSSR count). The van der Waals surface area contributed by atoms with Crippen LogP contribution < -0.4 is 5.56 Å². The molecule has 2 aromatic heterocycles. The van der Waals surface area contributed by atoms with Crippen molar-refractivity contribution in [2.24, 2.45) is 5.92 Å². The fourth-order valence-corrected chi connectivity index (χ4v) is 4.33. The number of benzene rings is 1. The average molecular weight is 412 g/mol. The fraction of sp³-hybridized carbons (Fsp3) is 0.318. The first-order valence-electron chi connectivity index (χ1n) is 9.73. The van der Waals surface area contributed by atoms with Crippen LogP contribution in [0, 0.1) is 11.7 Å². The molecule has 0 atom stereocenters. The van der Waals surface area contributed by atoms with Gasteiger partial charge in [-0.15, -0.1) is 11.3 Å². The number of rotatable bonds is 5. The lowest BCUT2D eigenvalue weighted by Gasteiger charge is -2.32. The van der Waals surface area contributed by atoms with Crippen molar-refractivity contribution in [3.8, 4) is 11.3 Å². The number of nitrogens with zero attached hydrogens (tertiary/aromatic N) is 3. The Hall–Kier alpha value is -2.80. The maximum absolute atomic E-state index is 13.1. The van der Waals surface area contributed by atoms with Crippen molar-refractivity contribution in [3.05, 3.63) is 75.0 Å². The zero-order valence-electron chi connectivity index (χ0n) is 16.0. The normalized spacial score (nSPS) is 14.9. The molecule has 3 aromatic rings. The zero-order chi connectivity index (χ0) is 20.2. The van der Waals surface area contributed by atoms with Crippen molar-refractivity contribution in [3.63, 3.8) is 0 Å². The first-order chi connectivity index (χ1) is 14.1. The van der Waals surface area contributed by atoms with E-state index in [1.54, 1.807) is 29.5 Å².